The van der Waals surface area contributed by atoms with Crippen LogP contribution in [0.25, 0.3) is 32.9 Å². The highest BCUT2D eigenvalue weighted by Gasteiger charge is 2.34. The first-order chi connectivity index (χ1) is 19.0. The van der Waals surface area contributed by atoms with Gasteiger partial charge in [0.15, 0.2) is 5.82 Å². The fourth-order valence-electron chi connectivity index (χ4n) is 5.87. The van der Waals surface area contributed by atoms with Crippen LogP contribution in [0.3, 0.4) is 0 Å². The number of rotatable bonds is 6. The third-order valence-corrected chi connectivity index (χ3v) is 8.10. The van der Waals surface area contributed by atoms with E-state index in [-0.39, 0.29) is 17.2 Å². The number of anilines is 1. The summed E-state index contributed by atoms with van der Waals surface area (Å²) in [6, 6.07) is 14.2. The predicted molar refractivity (Wildman–Crippen MR) is 150 cm³/mol. The molecule has 0 radical (unpaired) electrons. The number of aryl methyl sites for hydroxylation is 1. The van der Waals surface area contributed by atoms with Crippen LogP contribution in [0.5, 0.6) is 6.01 Å². The first kappa shape index (κ1) is 24.2. The monoisotopic (exact) mass is 543 g/mol. The van der Waals surface area contributed by atoms with Crippen LogP contribution in [-0.2, 0) is 13.5 Å². The van der Waals surface area contributed by atoms with E-state index >= 15 is 4.39 Å². The Bertz CT molecular complexity index is 1690. The van der Waals surface area contributed by atoms with E-state index in [1.54, 1.807) is 23.1 Å². The lowest BCUT2D eigenvalue weighted by Crippen LogP contribution is -2.51. The van der Waals surface area contributed by atoms with Crippen LogP contribution in [0.1, 0.15) is 18.5 Å². The zero-order chi connectivity index (χ0) is 26.5. The lowest BCUT2D eigenvalue weighted by Gasteiger charge is -2.34. The number of fused-ring (bicyclic) bond motifs is 4. The fraction of sp³-hybridized carbons (Fsp3) is 0.310. The van der Waals surface area contributed by atoms with E-state index in [9.17, 15) is 0 Å². The molecule has 10 heteroatoms. The normalized spacial score (nSPS) is 18.8. The molecule has 2 aliphatic rings. The first-order valence-electron chi connectivity index (χ1n) is 13.2. The molecule has 2 unspecified atom stereocenters. The average Bonchev–Trinajstić information content (AvgIpc) is 3.51. The van der Waals surface area contributed by atoms with E-state index in [0.29, 0.717) is 46.9 Å². The van der Waals surface area contributed by atoms with E-state index in [2.05, 4.69) is 25.3 Å². The highest BCUT2D eigenvalue weighted by Crippen LogP contribution is 2.38. The Morgan fingerprint density at radius 1 is 1.08 bits per heavy atom. The molecule has 198 valence electrons. The number of hydrogen-bond donors (Lipinski definition) is 1. The quantitative estimate of drug-likeness (QED) is 0.325. The van der Waals surface area contributed by atoms with Gasteiger partial charge in [-0.1, -0.05) is 41.9 Å². The number of nitrogens with one attached hydrogen (secondary N) is 1. The molecule has 2 saturated heterocycles. The molecule has 0 aliphatic carbocycles. The van der Waals surface area contributed by atoms with Gasteiger partial charge in [0, 0.05) is 72.7 Å². The van der Waals surface area contributed by atoms with Crippen molar-refractivity contribution >= 4 is 39.1 Å². The Hall–Kier alpha value is -3.82. The van der Waals surface area contributed by atoms with Gasteiger partial charge in [-0.05, 0) is 30.4 Å². The Kier molecular flexibility index (Phi) is 6.05. The number of hydrogen-bond acceptors (Lipinski definition) is 7. The van der Waals surface area contributed by atoms with Gasteiger partial charge in [0.05, 0.1) is 12.0 Å². The van der Waals surface area contributed by atoms with E-state index < -0.39 is 5.82 Å². The van der Waals surface area contributed by atoms with Crippen molar-refractivity contribution in [2.75, 3.05) is 24.6 Å². The van der Waals surface area contributed by atoms with Gasteiger partial charge in [-0.15, -0.1) is 0 Å². The van der Waals surface area contributed by atoms with Crippen LogP contribution in [0.4, 0.5) is 10.2 Å². The molecule has 0 saturated carbocycles. The molecule has 2 bridgehead atoms. The van der Waals surface area contributed by atoms with Gasteiger partial charge < -0.3 is 15.0 Å². The van der Waals surface area contributed by atoms with Crippen LogP contribution < -0.4 is 15.0 Å². The molecule has 2 atom stereocenters. The molecule has 8 nitrogen and oxygen atoms in total. The smallest absolute Gasteiger partial charge is 0.319 e. The Morgan fingerprint density at radius 3 is 2.64 bits per heavy atom. The number of pyridine rings is 1. The average molecular weight is 544 g/mol. The number of piperazine rings is 1. The van der Waals surface area contributed by atoms with E-state index in [1.165, 1.54) is 0 Å². The minimum Gasteiger partial charge on any atom is -0.463 e. The molecular formula is C29H27ClFN7O. The van der Waals surface area contributed by atoms with Gasteiger partial charge in [-0.25, -0.2) is 4.39 Å². The standard InChI is InChI=1S/C29H27ClFN7O/c1-37-20(10-12-33-37)11-13-39-29-35-27-22(28(36-29)38-15-18-8-9-19(16-38)34-18)14-32-26(25(27)31)21-6-2-4-17-5-3-7-23(30)24(17)21/h2-7,10,12,14,18-19,34H,8-9,11,13,15-16H2,1H3. The summed E-state index contributed by atoms with van der Waals surface area (Å²) in [5.74, 6) is 0.140. The van der Waals surface area contributed by atoms with E-state index in [1.807, 2.05) is 43.4 Å². The minimum atomic E-state index is -0.516. The molecule has 0 spiro atoms. The molecule has 2 fully saturated rings. The Balaban J connectivity index is 1.33. The largest absolute Gasteiger partial charge is 0.463 e. The minimum absolute atomic E-state index is 0.151. The summed E-state index contributed by atoms with van der Waals surface area (Å²) in [5, 5.41) is 10.6. The number of benzene rings is 2. The van der Waals surface area contributed by atoms with Gasteiger partial charge in [-0.3, -0.25) is 9.67 Å². The summed E-state index contributed by atoms with van der Waals surface area (Å²) in [6.45, 7) is 1.93. The van der Waals surface area contributed by atoms with Crippen molar-refractivity contribution in [3.8, 4) is 17.3 Å². The second kappa shape index (κ2) is 9.73. The third-order valence-electron chi connectivity index (χ3n) is 7.78. The first-order valence-corrected chi connectivity index (χ1v) is 13.6. The van der Waals surface area contributed by atoms with Crippen molar-refractivity contribution in [2.24, 2.45) is 7.05 Å². The van der Waals surface area contributed by atoms with Gasteiger partial charge >= 0.3 is 6.01 Å². The molecule has 2 aromatic carbocycles. The second-order valence-electron chi connectivity index (χ2n) is 10.2. The highest BCUT2D eigenvalue weighted by molar-refractivity contribution is 6.36. The van der Waals surface area contributed by atoms with Crippen molar-refractivity contribution in [1.82, 2.24) is 30.0 Å². The summed E-state index contributed by atoms with van der Waals surface area (Å²) in [5.41, 5.74) is 2.04. The van der Waals surface area contributed by atoms with Crippen LogP contribution >= 0.6 is 11.6 Å². The van der Waals surface area contributed by atoms with Gasteiger partial charge in [-0.2, -0.15) is 15.1 Å². The van der Waals surface area contributed by atoms with Gasteiger partial charge in [0.25, 0.3) is 0 Å². The van der Waals surface area contributed by atoms with Crippen molar-refractivity contribution in [1.29, 1.82) is 0 Å². The van der Waals surface area contributed by atoms with Gasteiger partial charge in [0.1, 0.15) is 17.0 Å². The molecular weight excluding hydrogens is 517 g/mol. The highest BCUT2D eigenvalue weighted by atomic mass is 35.5. The molecule has 0 amide bonds. The van der Waals surface area contributed by atoms with Crippen molar-refractivity contribution < 1.29 is 9.13 Å². The molecule has 3 aromatic heterocycles. The van der Waals surface area contributed by atoms with Crippen LogP contribution in [0.2, 0.25) is 5.02 Å². The van der Waals surface area contributed by atoms with Crippen molar-refractivity contribution in [3.63, 3.8) is 0 Å². The van der Waals surface area contributed by atoms with Crippen molar-refractivity contribution in [3.05, 3.63) is 71.4 Å². The summed E-state index contributed by atoms with van der Waals surface area (Å²) in [6.07, 6.45) is 6.31. The maximum absolute atomic E-state index is 16.4. The lowest BCUT2D eigenvalue weighted by atomic mass is 10.0. The van der Waals surface area contributed by atoms with Gasteiger partial charge in [0.2, 0.25) is 0 Å². The second-order valence-corrected chi connectivity index (χ2v) is 10.7. The number of nitrogens with zero attached hydrogens (tertiary/aromatic N) is 6. The number of ether oxygens (including phenoxy) is 1. The zero-order valence-corrected chi connectivity index (χ0v) is 22.2. The molecule has 1 N–H and O–H groups in total. The maximum atomic E-state index is 16.4. The van der Waals surface area contributed by atoms with E-state index in [4.69, 9.17) is 21.3 Å². The summed E-state index contributed by atoms with van der Waals surface area (Å²) >= 11 is 6.56. The SMILES string of the molecule is Cn1nccc1CCOc1nc(N2CC3CCC(C2)N3)c2cnc(-c3cccc4cccc(Cl)c34)c(F)c2n1. The molecule has 39 heavy (non-hydrogen) atoms. The Labute approximate surface area is 229 Å². The topological polar surface area (TPSA) is 81.0 Å². The van der Waals surface area contributed by atoms with E-state index in [0.717, 1.165) is 42.4 Å². The molecule has 5 heterocycles. The number of aromatic nitrogens is 5. The van der Waals surface area contributed by atoms with Crippen LogP contribution in [0, 0.1) is 5.82 Å². The molecule has 7 rings (SSSR count). The summed E-state index contributed by atoms with van der Waals surface area (Å²) in [4.78, 5) is 16.2. The van der Waals surface area contributed by atoms with Crippen LogP contribution in [-0.4, -0.2) is 56.5 Å². The molecule has 2 aliphatic heterocycles. The van der Waals surface area contributed by atoms with Crippen molar-refractivity contribution in [2.45, 2.75) is 31.3 Å². The molecule has 5 aromatic rings. The summed E-state index contributed by atoms with van der Waals surface area (Å²) < 4.78 is 24.2. The maximum Gasteiger partial charge on any atom is 0.319 e. The Morgan fingerprint density at radius 2 is 1.87 bits per heavy atom. The van der Waals surface area contributed by atoms with Crippen LogP contribution in [0.15, 0.2) is 54.9 Å². The zero-order valence-electron chi connectivity index (χ0n) is 21.4. The fourth-order valence-corrected chi connectivity index (χ4v) is 6.15. The number of halogens is 2. The third kappa shape index (κ3) is 4.35. The lowest BCUT2D eigenvalue weighted by molar-refractivity contribution is 0.294. The predicted octanol–water partition coefficient (Wildman–Crippen LogP) is 4.93. The summed E-state index contributed by atoms with van der Waals surface area (Å²) in [7, 11) is 1.89.